The molecule has 106 valence electrons. The zero-order valence-electron chi connectivity index (χ0n) is 11.9. The van der Waals surface area contributed by atoms with Crippen LogP contribution in [-0.2, 0) is 0 Å². The number of rotatable bonds is 5. The van der Waals surface area contributed by atoms with Gasteiger partial charge in [0, 0.05) is 12.2 Å². The van der Waals surface area contributed by atoms with Crippen LogP contribution in [0.3, 0.4) is 0 Å². The summed E-state index contributed by atoms with van der Waals surface area (Å²) in [6.07, 6.45) is 2.26. The van der Waals surface area contributed by atoms with Crippen molar-refractivity contribution in [1.29, 1.82) is 0 Å². The van der Waals surface area contributed by atoms with Crippen molar-refractivity contribution in [3.05, 3.63) is 53.5 Å². The van der Waals surface area contributed by atoms with Gasteiger partial charge in [0.1, 0.15) is 0 Å². The van der Waals surface area contributed by atoms with Gasteiger partial charge in [-0.1, -0.05) is 17.7 Å². The van der Waals surface area contributed by atoms with Crippen LogP contribution in [0.25, 0.3) is 0 Å². The topological polar surface area (TPSA) is 59.5 Å². The van der Waals surface area contributed by atoms with Gasteiger partial charge in [0.15, 0.2) is 5.76 Å². The maximum Gasteiger partial charge on any atom is 0.293 e. The first-order valence-corrected chi connectivity index (χ1v) is 6.76. The molecule has 0 bridgehead atoms. The number of carbonyl (C=O) groups excluding carboxylic acids is 1. The Morgan fingerprint density at radius 1 is 1.30 bits per heavy atom. The van der Waals surface area contributed by atoms with Crippen molar-refractivity contribution in [3.63, 3.8) is 0 Å². The van der Waals surface area contributed by atoms with Crippen molar-refractivity contribution in [1.82, 2.24) is 0 Å². The second kappa shape index (κ2) is 6.39. The molecule has 0 aliphatic carbocycles. The lowest BCUT2D eigenvalue weighted by atomic mass is 10.1. The molecule has 0 unspecified atom stereocenters. The Hall–Kier alpha value is -2.07. The van der Waals surface area contributed by atoms with Gasteiger partial charge < -0.3 is 15.1 Å². The van der Waals surface area contributed by atoms with Crippen LogP contribution in [0.2, 0.25) is 0 Å². The molecule has 1 aromatic heterocycles. The molecule has 0 radical (unpaired) electrons. The van der Waals surface area contributed by atoms with Crippen molar-refractivity contribution in [2.75, 3.05) is 18.0 Å². The highest BCUT2D eigenvalue weighted by Crippen LogP contribution is 2.23. The van der Waals surface area contributed by atoms with Gasteiger partial charge in [-0.3, -0.25) is 4.79 Å². The fourth-order valence-corrected chi connectivity index (χ4v) is 2.22. The lowest BCUT2D eigenvalue weighted by Crippen LogP contribution is -2.33. The van der Waals surface area contributed by atoms with Gasteiger partial charge in [-0.15, -0.1) is 0 Å². The van der Waals surface area contributed by atoms with Crippen molar-refractivity contribution < 1.29 is 9.21 Å². The van der Waals surface area contributed by atoms with E-state index >= 15 is 0 Å². The van der Waals surface area contributed by atoms with E-state index in [1.807, 2.05) is 26.0 Å². The fraction of sp³-hybridized carbons (Fsp3) is 0.312. The standard InChI is InChI=1S/C16H20N2O2/c1-12-6-7-14(13(2)11-12)18(9-4-8-17)16(19)15-5-3-10-20-15/h3,5-7,10-11H,4,8-9,17H2,1-2H3. The number of nitrogens with zero attached hydrogens (tertiary/aromatic N) is 1. The molecule has 1 amide bonds. The molecule has 0 aliphatic rings. The van der Waals surface area contributed by atoms with Crippen molar-refractivity contribution in [3.8, 4) is 0 Å². The molecule has 2 N–H and O–H groups in total. The van der Waals surface area contributed by atoms with Crippen LogP contribution in [0.4, 0.5) is 5.69 Å². The molecule has 0 aliphatic heterocycles. The quantitative estimate of drug-likeness (QED) is 0.910. The summed E-state index contributed by atoms with van der Waals surface area (Å²) in [5, 5.41) is 0. The minimum atomic E-state index is -0.129. The van der Waals surface area contributed by atoms with Crippen molar-refractivity contribution in [2.24, 2.45) is 5.73 Å². The molecular weight excluding hydrogens is 252 g/mol. The maximum absolute atomic E-state index is 12.5. The Morgan fingerprint density at radius 2 is 2.10 bits per heavy atom. The number of furan rings is 1. The predicted molar refractivity (Wildman–Crippen MR) is 80.0 cm³/mol. The molecule has 0 atom stereocenters. The lowest BCUT2D eigenvalue weighted by molar-refractivity contribution is 0.0960. The van der Waals surface area contributed by atoms with E-state index < -0.39 is 0 Å². The third kappa shape index (κ3) is 3.08. The van der Waals surface area contributed by atoms with Crippen LogP contribution in [-0.4, -0.2) is 19.0 Å². The van der Waals surface area contributed by atoms with Crippen LogP contribution in [0, 0.1) is 13.8 Å². The van der Waals surface area contributed by atoms with Gasteiger partial charge in [0.2, 0.25) is 0 Å². The molecule has 0 fully saturated rings. The second-order valence-electron chi connectivity index (χ2n) is 4.87. The predicted octanol–water partition coefficient (Wildman–Crippen LogP) is 2.89. The number of anilines is 1. The summed E-state index contributed by atoms with van der Waals surface area (Å²) in [6.45, 7) is 5.18. The van der Waals surface area contributed by atoms with Crippen molar-refractivity contribution >= 4 is 11.6 Å². The minimum Gasteiger partial charge on any atom is -0.459 e. The largest absolute Gasteiger partial charge is 0.459 e. The summed E-state index contributed by atoms with van der Waals surface area (Å²) in [5.41, 5.74) is 8.73. The number of hydrogen-bond acceptors (Lipinski definition) is 3. The molecule has 1 heterocycles. The normalized spacial score (nSPS) is 10.6. The number of nitrogens with two attached hydrogens (primary N) is 1. The van der Waals surface area contributed by atoms with E-state index in [2.05, 4.69) is 6.07 Å². The van der Waals surface area contributed by atoms with E-state index in [1.54, 1.807) is 17.0 Å². The molecule has 0 saturated carbocycles. The van der Waals surface area contributed by atoms with E-state index in [0.29, 0.717) is 18.8 Å². The van der Waals surface area contributed by atoms with E-state index in [9.17, 15) is 4.79 Å². The SMILES string of the molecule is Cc1ccc(N(CCCN)C(=O)c2ccco2)c(C)c1. The van der Waals surface area contributed by atoms with Crippen LogP contribution in [0.1, 0.15) is 28.1 Å². The zero-order chi connectivity index (χ0) is 14.5. The highest BCUT2D eigenvalue weighted by atomic mass is 16.3. The molecule has 4 nitrogen and oxygen atoms in total. The number of carbonyl (C=O) groups is 1. The van der Waals surface area contributed by atoms with Gasteiger partial charge in [0.05, 0.1) is 6.26 Å². The smallest absolute Gasteiger partial charge is 0.293 e. The van der Waals surface area contributed by atoms with Gasteiger partial charge >= 0.3 is 0 Å². The summed E-state index contributed by atoms with van der Waals surface area (Å²) >= 11 is 0. The first-order valence-electron chi connectivity index (χ1n) is 6.76. The van der Waals surface area contributed by atoms with Crippen LogP contribution < -0.4 is 10.6 Å². The first kappa shape index (κ1) is 14.3. The monoisotopic (exact) mass is 272 g/mol. The minimum absolute atomic E-state index is 0.129. The molecule has 1 aromatic carbocycles. The van der Waals surface area contributed by atoms with Crippen LogP contribution >= 0.6 is 0 Å². The Kier molecular flexibility index (Phi) is 4.58. The Labute approximate surface area is 119 Å². The molecule has 2 aromatic rings. The highest BCUT2D eigenvalue weighted by Gasteiger charge is 2.20. The van der Waals surface area contributed by atoms with E-state index in [-0.39, 0.29) is 5.91 Å². The van der Waals surface area contributed by atoms with Gasteiger partial charge in [0.25, 0.3) is 5.91 Å². The molecule has 2 rings (SSSR count). The number of benzene rings is 1. The molecule has 4 heteroatoms. The first-order chi connectivity index (χ1) is 9.63. The maximum atomic E-state index is 12.5. The number of hydrogen-bond donors (Lipinski definition) is 1. The van der Waals surface area contributed by atoms with Gasteiger partial charge in [-0.05, 0) is 50.6 Å². The molecule has 20 heavy (non-hydrogen) atoms. The summed E-state index contributed by atoms with van der Waals surface area (Å²) < 4.78 is 5.22. The number of amides is 1. The average Bonchev–Trinajstić information content (AvgIpc) is 2.94. The van der Waals surface area contributed by atoms with Gasteiger partial charge in [-0.25, -0.2) is 0 Å². The lowest BCUT2D eigenvalue weighted by Gasteiger charge is -2.23. The fourth-order valence-electron chi connectivity index (χ4n) is 2.22. The third-order valence-electron chi connectivity index (χ3n) is 3.21. The Bertz CT molecular complexity index is 576. The summed E-state index contributed by atoms with van der Waals surface area (Å²) in [7, 11) is 0. The van der Waals surface area contributed by atoms with E-state index in [1.165, 1.54) is 11.8 Å². The Morgan fingerprint density at radius 3 is 2.70 bits per heavy atom. The third-order valence-corrected chi connectivity index (χ3v) is 3.21. The highest BCUT2D eigenvalue weighted by molar-refractivity contribution is 6.04. The van der Waals surface area contributed by atoms with Crippen molar-refractivity contribution in [2.45, 2.75) is 20.3 Å². The number of aryl methyl sites for hydroxylation is 2. The van der Waals surface area contributed by atoms with Crippen LogP contribution in [0.15, 0.2) is 41.0 Å². The summed E-state index contributed by atoms with van der Waals surface area (Å²) in [6, 6.07) is 9.45. The average molecular weight is 272 g/mol. The molecule has 0 saturated heterocycles. The van der Waals surface area contributed by atoms with Gasteiger partial charge in [-0.2, -0.15) is 0 Å². The molecule has 0 spiro atoms. The molecular formula is C16H20N2O2. The van der Waals surface area contributed by atoms with Crippen LogP contribution in [0.5, 0.6) is 0 Å². The summed E-state index contributed by atoms with van der Waals surface area (Å²) in [4.78, 5) is 14.3. The summed E-state index contributed by atoms with van der Waals surface area (Å²) in [5.74, 6) is 0.220. The van der Waals surface area contributed by atoms with E-state index in [4.69, 9.17) is 10.2 Å². The zero-order valence-corrected chi connectivity index (χ0v) is 11.9. The van der Waals surface area contributed by atoms with E-state index in [0.717, 1.165) is 17.7 Å². The Balaban J connectivity index is 2.34. The second-order valence-corrected chi connectivity index (χ2v) is 4.87.